The first-order valence-electron chi connectivity index (χ1n) is 8.33. The molecule has 0 spiro atoms. The van der Waals surface area contributed by atoms with E-state index in [1.165, 1.54) is 0 Å². The van der Waals surface area contributed by atoms with Crippen LogP contribution in [-0.4, -0.2) is 11.6 Å². The number of rotatable bonds is 4. The lowest BCUT2D eigenvalue weighted by molar-refractivity contribution is -0.122. The maximum absolute atomic E-state index is 12.2. The number of hydrogen-bond donors (Lipinski definition) is 0. The van der Waals surface area contributed by atoms with E-state index in [4.69, 9.17) is 0 Å². The smallest absolute Gasteiger partial charge is 0.178 e. The first-order chi connectivity index (χ1) is 11.9. The average molecular weight is 348 g/mol. The summed E-state index contributed by atoms with van der Waals surface area (Å²) >= 11 is 0. The highest BCUT2D eigenvalue weighted by atomic mass is 16.1. The van der Waals surface area contributed by atoms with Gasteiger partial charge in [-0.25, -0.2) is 0 Å². The van der Waals surface area contributed by atoms with E-state index in [-0.39, 0.29) is 22.7 Å². The van der Waals surface area contributed by atoms with Crippen LogP contribution in [0.15, 0.2) is 35.4 Å². The second kappa shape index (κ2) is 7.93. The molecule has 0 radical (unpaired) electrons. The average Bonchev–Trinajstić information content (AvgIpc) is 2.55. The third kappa shape index (κ3) is 5.53. The van der Waals surface area contributed by atoms with E-state index in [0.717, 1.165) is 0 Å². The number of hydrogen-bond acceptors (Lipinski definition) is 4. The Morgan fingerprint density at radius 1 is 0.731 bits per heavy atom. The molecule has 4 nitrogen and oxygen atoms in total. The van der Waals surface area contributed by atoms with Crippen molar-refractivity contribution >= 4 is 23.7 Å². The highest BCUT2D eigenvalue weighted by molar-refractivity contribution is 6.07. The Kier molecular flexibility index (Phi) is 6.43. The van der Waals surface area contributed by atoms with Crippen molar-refractivity contribution in [3.63, 3.8) is 0 Å². The minimum atomic E-state index is -0.626. The molecule has 0 bridgehead atoms. The highest BCUT2D eigenvalue weighted by Crippen LogP contribution is 2.23. The summed E-state index contributed by atoms with van der Waals surface area (Å²) < 4.78 is 0. The van der Waals surface area contributed by atoms with Gasteiger partial charge < -0.3 is 0 Å². The van der Waals surface area contributed by atoms with Crippen molar-refractivity contribution in [1.82, 2.24) is 0 Å². The number of ketones is 2. The molecule has 0 atom stereocenters. The van der Waals surface area contributed by atoms with E-state index in [9.17, 15) is 20.1 Å². The van der Waals surface area contributed by atoms with E-state index in [2.05, 4.69) is 0 Å². The minimum absolute atomic E-state index is 0.0985. The molecule has 0 aromatic heterocycles. The largest absolute Gasteiger partial charge is 0.293 e. The van der Waals surface area contributed by atoms with Crippen molar-refractivity contribution in [3.8, 4) is 12.1 Å². The summed E-state index contributed by atoms with van der Waals surface area (Å²) in [5.41, 5.74) is 0.357. The third-order valence-corrected chi connectivity index (χ3v) is 3.65. The lowest BCUT2D eigenvalue weighted by Crippen LogP contribution is -2.21. The molecule has 1 aromatic rings. The Balaban J connectivity index is 3.17. The summed E-state index contributed by atoms with van der Waals surface area (Å²) in [4.78, 5) is 24.5. The predicted molar refractivity (Wildman–Crippen MR) is 103 cm³/mol. The number of Topliss-reactive ketones (excluding diaryl/α,β-unsaturated/α-hetero) is 2. The molecule has 0 N–H and O–H groups in total. The van der Waals surface area contributed by atoms with E-state index in [1.807, 2.05) is 12.1 Å². The monoisotopic (exact) mass is 348 g/mol. The quantitative estimate of drug-likeness (QED) is 0.582. The number of nitriles is 2. The Hall–Kier alpha value is -2.98. The van der Waals surface area contributed by atoms with E-state index < -0.39 is 10.8 Å². The molecule has 0 saturated carbocycles. The van der Waals surface area contributed by atoms with Crippen molar-refractivity contribution in [1.29, 1.82) is 10.5 Å². The van der Waals surface area contributed by atoms with Gasteiger partial charge in [-0.1, -0.05) is 65.8 Å². The molecular formula is C22H24N2O2. The van der Waals surface area contributed by atoms with Crippen molar-refractivity contribution in [3.05, 3.63) is 46.5 Å². The number of carbonyl (C=O) groups excluding carboxylic acids is 2. The first-order valence-corrected chi connectivity index (χ1v) is 8.33. The lowest BCUT2D eigenvalue weighted by atomic mass is 9.85. The van der Waals surface area contributed by atoms with Crippen LogP contribution >= 0.6 is 0 Å². The van der Waals surface area contributed by atoms with Gasteiger partial charge in [0.25, 0.3) is 0 Å². The second-order valence-electron chi connectivity index (χ2n) is 8.16. The number of allylic oxidation sites excluding steroid dienone is 2. The molecule has 0 aliphatic rings. The van der Waals surface area contributed by atoms with Crippen LogP contribution in [0.5, 0.6) is 0 Å². The molecule has 0 fully saturated rings. The summed E-state index contributed by atoms with van der Waals surface area (Å²) in [6, 6.07) is 10.9. The molecule has 0 unspecified atom stereocenters. The molecule has 0 heterocycles. The fourth-order valence-corrected chi connectivity index (χ4v) is 2.13. The zero-order chi connectivity index (χ0) is 20.1. The summed E-state index contributed by atoms with van der Waals surface area (Å²) in [5, 5.41) is 18.5. The van der Waals surface area contributed by atoms with Gasteiger partial charge in [0.1, 0.15) is 12.1 Å². The predicted octanol–water partition coefficient (Wildman–Crippen LogP) is 4.73. The van der Waals surface area contributed by atoms with Gasteiger partial charge in [0.2, 0.25) is 0 Å². The third-order valence-electron chi connectivity index (χ3n) is 3.65. The van der Waals surface area contributed by atoms with Crippen LogP contribution in [0.25, 0.3) is 12.2 Å². The van der Waals surface area contributed by atoms with E-state index >= 15 is 0 Å². The van der Waals surface area contributed by atoms with Crippen LogP contribution in [0.1, 0.15) is 52.7 Å². The number of nitrogens with zero attached hydrogens (tertiary/aromatic N) is 2. The number of benzene rings is 1. The molecule has 0 aliphatic carbocycles. The van der Waals surface area contributed by atoms with Crippen LogP contribution in [-0.2, 0) is 9.59 Å². The van der Waals surface area contributed by atoms with Crippen molar-refractivity contribution in [2.24, 2.45) is 10.8 Å². The van der Waals surface area contributed by atoms with Crippen LogP contribution < -0.4 is 0 Å². The fraction of sp³-hybridized carbons (Fsp3) is 0.364. The van der Waals surface area contributed by atoms with Crippen LogP contribution in [0.2, 0.25) is 0 Å². The van der Waals surface area contributed by atoms with Gasteiger partial charge in [-0.15, -0.1) is 0 Å². The van der Waals surface area contributed by atoms with Crippen molar-refractivity contribution in [2.45, 2.75) is 41.5 Å². The fourth-order valence-electron chi connectivity index (χ4n) is 2.13. The number of carbonyl (C=O) groups is 2. The second-order valence-corrected chi connectivity index (χ2v) is 8.16. The van der Waals surface area contributed by atoms with Crippen molar-refractivity contribution < 1.29 is 9.59 Å². The highest BCUT2D eigenvalue weighted by Gasteiger charge is 2.25. The van der Waals surface area contributed by atoms with Gasteiger partial charge in [0, 0.05) is 10.8 Å². The SMILES string of the molecule is CC(C)(C)C(=O)/C(C#N)=C/c1ccc(/C=C(\C#N)C(=O)C(C)(C)C)cc1. The molecular weight excluding hydrogens is 324 g/mol. The van der Waals surface area contributed by atoms with Gasteiger partial charge in [0.15, 0.2) is 11.6 Å². The van der Waals surface area contributed by atoms with Crippen LogP contribution in [0, 0.1) is 33.5 Å². The molecule has 0 saturated heterocycles. The standard InChI is InChI=1S/C22H24N2O2/c1-21(2,3)19(25)17(13-23)11-15-7-9-16(10-8-15)12-18(14-24)20(26)22(4,5)6/h7-12H,1-6H3/b17-11+,18-12+. The van der Waals surface area contributed by atoms with E-state index in [0.29, 0.717) is 11.1 Å². The Morgan fingerprint density at radius 3 is 1.19 bits per heavy atom. The Morgan fingerprint density at radius 2 is 1.00 bits per heavy atom. The normalized spacial score (nSPS) is 12.9. The zero-order valence-electron chi connectivity index (χ0n) is 16.2. The topological polar surface area (TPSA) is 81.7 Å². The lowest BCUT2D eigenvalue weighted by Gasteiger charge is -2.15. The maximum Gasteiger partial charge on any atom is 0.178 e. The van der Waals surface area contributed by atoms with Gasteiger partial charge in [-0.05, 0) is 23.3 Å². The first kappa shape index (κ1) is 21.1. The summed E-state index contributed by atoms with van der Waals surface area (Å²) in [6.45, 7) is 10.6. The minimum Gasteiger partial charge on any atom is -0.293 e. The van der Waals surface area contributed by atoms with Gasteiger partial charge >= 0.3 is 0 Å². The maximum atomic E-state index is 12.2. The van der Waals surface area contributed by atoms with E-state index in [1.54, 1.807) is 78.0 Å². The summed E-state index contributed by atoms with van der Waals surface area (Å²) in [7, 11) is 0. The summed E-state index contributed by atoms with van der Waals surface area (Å²) in [5.74, 6) is -0.432. The van der Waals surface area contributed by atoms with Crippen LogP contribution in [0.3, 0.4) is 0 Å². The molecule has 26 heavy (non-hydrogen) atoms. The molecule has 0 amide bonds. The zero-order valence-corrected chi connectivity index (χ0v) is 16.2. The molecule has 1 rings (SSSR count). The van der Waals surface area contributed by atoms with Crippen molar-refractivity contribution in [2.75, 3.05) is 0 Å². The van der Waals surface area contributed by atoms with Gasteiger partial charge in [-0.2, -0.15) is 10.5 Å². The Bertz CT molecular complexity index is 771. The van der Waals surface area contributed by atoms with Gasteiger partial charge in [-0.3, -0.25) is 9.59 Å². The molecule has 0 aliphatic heterocycles. The molecule has 1 aromatic carbocycles. The Labute approximate surface area is 155 Å². The summed E-state index contributed by atoms with van der Waals surface area (Å²) in [6.07, 6.45) is 3.10. The van der Waals surface area contributed by atoms with Gasteiger partial charge in [0.05, 0.1) is 11.1 Å². The molecule has 4 heteroatoms. The van der Waals surface area contributed by atoms with Crippen LogP contribution in [0.4, 0.5) is 0 Å². The molecule has 134 valence electrons.